The summed E-state index contributed by atoms with van der Waals surface area (Å²) >= 11 is 1.49. The molecule has 0 saturated heterocycles. The predicted molar refractivity (Wildman–Crippen MR) is 56.4 cm³/mol. The minimum Gasteiger partial charge on any atom is -0.462 e. The van der Waals surface area contributed by atoms with Crippen molar-refractivity contribution in [1.29, 1.82) is 0 Å². The van der Waals surface area contributed by atoms with Gasteiger partial charge in [0.2, 0.25) is 5.13 Å². The van der Waals surface area contributed by atoms with Crippen LogP contribution in [0, 0.1) is 0 Å². The van der Waals surface area contributed by atoms with Gasteiger partial charge in [0.25, 0.3) is 0 Å². The van der Waals surface area contributed by atoms with E-state index in [1.807, 2.05) is 12.1 Å². The zero-order chi connectivity index (χ0) is 9.97. The first kappa shape index (κ1) is 9.21. The summed E-state index contributed by atoms with van der Waals surface area (Å²) in [6, 6.07) is 4.08. The van der Waals surface area contributed by atoms with Crippen molar-refractivity contribution in [3.8, 4) is 10.8 Å². The van der Waals surface area contributed by atoms with Gasteiger partial charge in [0.05, 0.1) is 6.26 Å². The zero-order valence-electron chi connectivity index (χ0n) is 8.02. The van der Waals surface area contributed by atoms with Crippen LogP contribution in [0.3, 0.4) is 0 Å². The first-order valence-corrected chi connectivity index (χ1v) is 5.21. The number of rotatable bonds is 3. The van der Waals surface area contributed by atoms with Crippen LogP contribution in [0.1, 0.15) is 13.8 Å². The van der Waals surface area contributed by atoms with E-state index in [2.05, 4.69) is 29.4 Å². The van der Waals surface area contributed by atoms with Crippen LogP contribution < -0.4 is 5.32 Å². The Morgan fingerprint density at radius 3 is 2.93 bits per heavy atom. The van der Waals surface area contributed by atoms with Crippen molar-refractivity contribution in [2.45, 2.75) is 19.9 Å². The maximum absolute atomic E-state index is 5.22. The van der Waals surface area contributed by atoms with E-state index >= 15 is 0 Å². The maximum Gasteiger partial charge on any atom is 0.206 e. The minimum atomic E-state index is 0.368. The first-order valence-electron chi connectivity index (χ1n) is 4.39. The topological polar surface area (TPSA) is 51.0 Å². The molecule has 0 saturated carbocycles. The van der Waals surface area contributed by atoms with Crippen LogP contribution in [0.4, 0.5) is 5.13 Å². The van der Waals surface area contributed by atoms with Crippen molar-refractivity contribution in [3.05, 3.63) is 18.4 Å². The van der Waals surface area contributed by atoms with Gasteiger partial charge in [0.1, 0.15) is 0 Å². The van der Waals surface area contributed by atoms with Gasteiger partial charge in [0, 0.05) is 6.04 Å². The second-order valence-corrected chi connectivity index (χ2v) is 4.17. The summed E-state index contributed by atoms with van der Waals surface area (Å²) in [5, 5.41) is 12.9. The number of anilines is 1. The Morgan fingerprint density at radius 2 is 2.29 bits per heavy atom. The van der Waals surface area contributed by atoms with E-state index in [1.165, 1.54) is 11.3 Å². The van der Waals surface area contributed by atoms with E-state index in [0.717, 1.165) is 15.9 Å². The molecule has 5 heteroatoms. The lowest BCUT2D eigenvalue weighted by atomic mass is 10.4. The number of hydrogen-bond donors (Lipinski definition) is 1. The summed E-state index contributed by atoms with van der Waals surface area (Å²) in [6.07, 6.45) is 1.63. The number of nitrogens with one attached hydrogen (secondary N) is 1. The summed E-state index contributed by atoms with van der Waals surface area (Å²) in [7, 11) is 0. The number of hydrogen-bond acceptors (Lipinski definition) is 5. The van der Waals surface area contributed by atoms with Crippen LogP contribution in [0.2, 0.25) is 0 Å². The average Bonchev–Trinajstić information content (AvgIpc) is 2.69. The SMILES string of the molecule is CC(C)Nc1nnc(-c2ccco2)s1. The molecule has 2 aromatic rings. The van der Waals surface area contributed by atoms with Gasteiger partial charge in [-0.15, -0.1) is 10.2 Å². The van der Waals surface area contributed by atoms with E-state index < -0.39 is 0 Å². The molecule has 0 aliphatic rings. The fourth-order valence-electron chi connectivity index (χ4n) is 1.03. The largest absolute Gasteiger partial charge is 0.462 e. The molecule has 2 heterocycles. The molecule has 0 spiro atoms. The summed E-state index contributed by atoms with van der Waals surface area (Å²) in [4.78, 5) is 0. The van der Waals surface area contributed by atoms with E-state index in [-0.39, 0.29) is 0 Å². The van der Waals surface area contributed by atoms with Crippen LogP contribution in [-0.4, -0.2) is 16.2 Å². The van der Waals surface area contributed by atoms with Gasteiger partial charge in [-0.2, -0.15) is 0 Å². The van der Waals surface area contributed by atoms with Crippen molar-refractivity contribution >= 4 is 16.5 Å². The van der Waals surface area contributed by atoms with Gasteiger partial charge in [0.15, 0.2) is 10.8 Å². The Labute approximate surface area is 86.0 Å². The average molecular weight is 209 g/mol. The Morgan fingerprint density at radius 1 is 1.43 bits per heavy atom. The highest BCUT2D eigenvalue weighted by molar-refractivity contribution is 7.18. The van der Waals surface area contributed by atoms with Gasteiger partial charge in [-0.25, -0.2) is 0 Å². The number of aromatic nitrogens is 2. The van der Waals surface area contributed by atoms with Crippen molar-refractivity contribution in [1.82, 2.24) is 10.2 Å². The minimum absolute atomic E-state index is 0.368. The molecule has 0 amide bonds. The molecule has 4 nitrogen and oxygen atoms in total. The van der Waals surface area contributed by atoms with Crippen molar-refractivity contribution in [2.75, 3.05) is 5.32 Å². The molecule has 0 aliphatic carbocycles. The molecule has 14 heavy (non-hydrogen) atoms. The Hall–Kier alpha value is -1.36. The Kier molecular flexibility index (Phi) is 2.49. The molecule has 0 atom stereocenters. The lowest BCUT2D eigenvalue weighted by Gasteiger charge is -2.02. The molecule has 74 valence electrons. The van der Waals surface area contributed by atoms with Crippen molar-refractivity contribution in [2.24, 2.45) is 0 Å². The first-order chi connectivity index (χ1) is 6.75. The third-order valence-electron chi connectivity index (χ3n) is 1.57. The second kappa shape index (κ2) is 3.79. The smallest absolute Gasteiger partial charge is 0.206 e. The normalized spacial score (nSPS) is 10.8. The zero-order valence-corrected chi connectivity index (χ0v) is 8.84. The highest BCUT2D eigenvalue weighted by Gasteiger charge is 2.08. The van der Waals surface area contributed by atoms with Crippen LogP contribution in [0.25, 0.3) is 10.8 Å². The molecular weight excluding hydrogens is 198 g/mol. The quantitative estimate of drug-likeness (QED) is 0.844. The van der Waals surface area contributed by atoms with Gasteiger partial charge < -0.3 is 9.73 Å². The molecule has 2 aromatic heterocycles. The van der Waals surface area contributed by atoms with Crippen LogP contribution in [0.15, 0.2) is 22.8 Å². The summed E-state index contributed by atoms with van der Waals surface area (Å²) < 4.78 is 5.22. The second-order valence-electron chi connectivity index (χ2n) is 3.19. The van der Waals surface area contributed by atoms with E-state index in [4.69, 9.17) is 4.42 Å². The van der Waals surface area contributed by atoms with Gasteiger partial charge in [-0.3, -0.25) is 0 Å². The van der Waals surface area contributed by atoms with Gasteiger partial charge in [-0.1, -0.05) is 11.3 Å². The Balaban J connectivity index is 2.18. The lowest BCUT2D eigenvalue weighted by molar-refractivity contribution is 0.581. The standard InChI is InChI=1S/C9H11N3OS/c1-6(2)10-9-12-11-8(14-9)7-4-3-5-13-7/h3-6H,1-2H3,(H,10,12). The van der Waals surface area contributed by atoms with Gasteiger partial charge in [-0.05, 0) is 26.0 Å². The van der Waals surface area contributed by atoms with Crippen molar-refractivity contribution < 1.29 is 4.42 Å². The van der Waals surface area contributed by atoms with Crippen molar-refractivity contribution in [3.63, 3.8) is 0 Å². The van der Waals surface area contributed by atoms with Gasteiger partial charge >= 0.3 is 0 Å². The predicted octanol–water partition coefficient (Wildman–Crippen LogP) is 2.62. The third kappa shape index (κ3) is 1.93. The fourth-order valence-corrected chi connectivity index (χ4v) is 1.89. The van der Waals surface area contributed by atoms with E-state index in [9.17, 15) is 0 Å². The molecule has 0 aromatic carbocycles. The number of furan rings is 1. The Bertz CT molecular complexity index is 394. The molecule has 0 radical (unpaired) electrons. The molecule has 2 rings (SSSR count). The van der Waals surface area contributed by atoms with Crippen LogP contribution in [0.5, 0.6) is 0 Å². The monoisotopic (exact) mass is 209 g/mol. The summed E-state index contributed by atoms with van der Waals surface area (Å²) in [5.41, 5.74) is 0. The molecule has 0 fully saturated rings. The molecule has 0 aliphatic heterocycles. The third-order valence-corrected chi connectivity index (χ3v) is 2.44. The van der Waals surface area contributed by atoms with Crippen LogP contribution in [-0.2, 0) is 0 Å². The summed E-state index contributed by atoms with van der Waals surface area (Å²) in [5.74, 6) is 0.763. The molecular formula is C9H11N3OS. The highest BCUT2D eigenvalue weighted by atomic mass is 32.1. The lowest BCUT2D eigenvalue weighted by Crippen LogP contribution is -2.08. The number of nitrogens with zero attached hydrogens (tertiary/aromatic N) is 2. The fraction of sp³-hybridized carbons (Fsp3) is 0.333. The summed E-state index contributed by atoms with van der Waals surface area (Å²) in [6.45, 7) is 4.13. The highest BCUT2D eigenvalue weighted by Crippen LogP contribution is 2.26. The molecule has 0 bridgehead atoms. The van der Waals surface area contributed by atoms with E-state index in [1.54, 1.807) is 6.26 Å². The van der Waals surface area contributed by atoms with Crippen LogP contribution >= 0.6 is 11.3 Å². The maximum atomic E-state index is 5.22. The van der Waals surface area contributed by atoms with E-state index in [0.29, 0.717) is 6.04 Å². The molecule has 0 unspecified atom stereocenters. The molecule has 1 N–H and O–H groups in total.